The summed E-state index contributed by atoms with van der Waals surface area (Å²) in [6, 6.07) is 8.37. The molecule has 116 valence electrons. The van der Waals surface area contributed by atoms with Gasteiger partial charge in [0.1, 0.15) is 0 Å². The second-order valence-corrected chi connectivity index (χ2v) is 5.13. The van der Waals surface area contributed by atoms with Gasteiger partial charge in [-0.3, -0.25) is 4.99 Å². The van der Waals surface area contributed by atoms with Crippen molar-refractivity contribution in [3.8, 4) is 0 Å². The van der Waals surface area contributed by atoms with E-state index in [9.17, 15) is 0 Å². The molecule has 0 aliphatic carbocycles. The van der Waals surface area contributed by atoms with E-state index in [1.807, 2.05) is 39.1 Å². The molecular weight excluding hydrogens is 268 g/mol. The Morgan fingerprint density at radius 3 is 2.36 bits per heavy atom. The van der Waals surface area contributed by atoms with E-state index in [4.69, 9.17) is 0 Å². The Morgan fingerprint density at radius 2 is 1.86 bits per heavy atom. The van der Waals surface area contributed by atoms with Crippen molar-refractivity contribution in [2.75, 3.05) is 5.32 Å². The highest BCUT2D eigenvalue weighted by Crippen LogP contribution is 2.13. The van der Waals surface area contributed by atoms with Crippen molar-refractivity contribution in [2.24, 2.45) is 4.99 Å². The van der Waals surface area contributed by atoms with Gasteiger partial charge in [0.2, 0.25) is 0 Å². The molecule has 1 aromatic carbocycles. The molecule has 0 saturated carbocycles. The quantitative estimate of drug-likeness (QED) is 0.508. The van der Waals surface area contributed by atoms with Crippen LogP contribution in [0.4, 0.5) is 5.69 Å². The van der Waals surface area contributed by atoms with Gasteiger partial charge in [-0.15, -0.1) is 0 Å². The molecule has 1 aromatic rings. The molecule has 2 heteroatoms. The minimum atomic E-state index is 0.800. The topological polar surface area (TPSA) is 24.4 Å². The highest BCUT2D eigenvalue weighted by molar-refractivity contribution is 6.00. The molecule has 0 aliphatic heterocycles. The number of aryl methyl sites for hydroxylation is 1. The molecule has 0 amide bonds. The fourth-order valence-electron chi connectivity index (χ4n) is 1.94. The van der Waals surface area contributed by atoms with Crippen LogP contribution in [0.2, 0.25) is 0 Å². The second-order valence-electron chi connectivity index (χ2n) is 5.13. The number of rotatable bonds is 7. The minimum Gasteiger partial charge on any atom is -0.355 e. The Labute approximate surface area is 134 Å². The number of nitrogens with zero attached hydrogens (tertiary/aromatic N) is 1. The van der Waals surface area contributed by atoms with Crippen molar-refractivity contribution < 1.29 is 0 Å². The number of allylic oxidation sites excluding steroid dienone is 5. The number of anilines is 1. The van der Waals surface area contributed by atoms with Gasteiger partial charge in [0.25, 0.3) is 0 Å². The van der Waals surface area contributed by atoms with E-state index in [2.05, 4.69) is 54.7 Å². The van der Waals surface area contributed by atoms with Crippen LogP contribution in [0.1, 0.15) is 33.3 Å². The maximum absolute atomic E-state index is 4.47. The van der Waals surface area contributed by atoms with Crippen LogP contribution in [0.25, 0.3) is 0 Å². The summed E-state index contributed by atoms with van der Waals surface area (Å²) in [5, 5.41) is 3.28. The molecule has 0 spiro atoms. The molecule has 0 atom stereocenters. The van der Waals surface area contributed by atoms with Crippen molar-refractivity contribution in [3.05, 3.63) is 78.2 Å². The first-order valence-electron chi connectivity index (χ1n) is 7.57. The monoisotopic (exact) mass is 294 g/mol. The van der Waals surface area contributed by atoms with Crippen molar-refractivity contribution in [1.82, 2.24) is 0 Å². The summed E-state index contributed by atoms with van der Waals surface area (Å²) in [6.45, 7) is 16.0. The average Bonchev–Trinajstić information content (AvgIpc) is 2.54. The minimum absolute atomic E-state index is 0.800. The van der Waals surface area contributed by atoms with Gasteiger partial charge in [-0.1, -0.05) is 44.4 Å². The third-order valence-electron chi connectivity index (χ3n) is 3.53. The molecule has 2 nitrogen and oxygen atoms in total. The lowest BCUT2D eigenvalue weighted by molar-refractivity contribution is 1.14. The van der Waals surface area contributed by atoms with Gasteiger partial charge in [-0.25, -0.2) is 0 Å². The summed E-state index contributed by atoms with van der Waals surface area (Å²) in [5.74, 6) is 0. The second kappa shape index (κ2) is 8.83. The van der Waals surface area contributed by atoms with Crippen molar-refractivity contribution in [1.29, 1.82) is 0 Å². The maximum Gasteiger partial charge on any atom is 0.0601 e. The predicted octanol–water partition coefficient (Wildman–Crippen LogP) is 5.67. The van der Waals surface area contributed by atoms with E-state index in [0.717, 1.165) is 34.7 Å². The summed E-state index contributed by atoms with van der Waals surface area (Å²) in [6.07, 6.45) is 6.74. The van der Waals surface area contributed by atoms with E-state index >= 15 is 0 Å². The maximum atomic E-state index is 4.47. The fraction of sp³-hybridized carbons (Fsp3) is 0.250. The summed E-state index contributed by atoms with van der Waals surface area (Å²) >= 11 is 0. The normalized spacial score (nSPS) is 13.0. The predicted molar refractivity (Wildman–Crippen MR) is 99.4 cm³/mol. The van der Waals surface area contributed by atoms with Crippen molar-refractivity contribution in [2.45, 2.75) is 34.1 Å². The van der Waals surface area contributed by atoms with Crippen LogP contribution in [0, 0.1) is 0 Å². The summed E-state index contributed by atoms with van der Waals surface area (Å²) in [5.41, 5.74) is 6.18. The number of hydrogen-bond donors (Lipinski definition) is 1. The SMILES string of the molecule is C=CC(=C\C)/C(C)=C/N=C(C)C(=C)Nc1ccc(CC)cc1. The molecule has 1 rings (SSSR count). The van der Waals surface area contributed by atoms with Crippen LogP contribution >= 0.6 is 0 Å². The lowest BCUT2D eigenvalue weighted by Gasteiger charge is -2.09. The molecule has 0 bridgehead atoms. The van der Waals surface area contributed by atoms with Crippen molar-refractivity contribution in [3.63, 3.8) is 0 Å². The Hall–Kier alpha value is -2.35. The summed E-state index contributed by atoms with van der Waals surface area (Å²) in [7, 11) is 0. The Bertz CT molecular complexity index is 614. The zero-order valence-corrected chi connectivity index (χ0v) is 14.1. The molecule has 1 N–H and O–H groups in total. The third-order valence-corrected chi connectivity index (χ3v) is 3.53. The van der Waals surface area contributed by atoms with Crippen LogP contribution in [-0.2, 0) is 6.42 Å². The van der Waals surface area contributed by atoms with E-state index in [0.29, 0.717) is 0 Å². The van der Waals surface area contributed by atoms with Crippen LogP contribution < -0.4 is 5.32 Å². The highest BCUT2D eigenvalue weighted by atomic mass is 14.9. The molecule has 0 heterocycles. The first kappa shape index (κ1) is 17.7. The third kappa shape index (κ3) is 5.21. The van der Waals surface area contributed by atoms with Crippen LogP contribution in [0.15, 0.2) is 77.6 Å². The number of benzene rings is 1. The Balaban J connectivity index is 2.77. The zero-order chi connectivity index (χ0) is 16.5. The molecule has 0 aromatic heterocycles. The molecule has 0 aliphatic rings. The van der Waals surface area contributed by atoms with Gasteiger partial charge in [0.15, 0.2) is 0 Å². The van der Waals surface area contributed by atoms with Gasteiger partial charge in [-0.05, 0) is 56.0 Å². The number of hydrogen-bond acceptors (Lipinski definition) is 2. The van der Waals surface area contributed by atoms with E-state index in [1.165, 1.54) is 5.56 Å². The molecule has 0 unspecified atom stereocenters. The van der Waals surface area contributed by atoms with E-state index in [-0.39, 0.29) is 0 Å². The molecule has 22 heavy (non-hydrogen) atoms. The first-order valence-corrected chi connectivity index (χ1v) is 7.57. The smallest absolute Gasteiger partial charge is 0.0601 e. The lowest BCUT2D eigenvalue weighted by Crippen LogP contribution is -2.06. The Kier molecular flexibility index (Phi) is 7.11. The molecule has 0 saturated heterocycles. The van der Waals surface area contributed by atoms with Gasteiger partial charge < -0.3 is 5.32 Å². The summed E-state index contributed by atoms with van der Waals surface area (Å²) in [4.78, 5) is 4.47. The number of nitrogens with one attached hydrogen (secondary N) is 1. The van der Waals surface area contributed by atoms with Gasteiger partial charge in [0, 0.05) is 11.9 Å². The van der Waals surface area contributed by atoms with Crippen molar-refractivity contribution >= 4 is 11.4 Å². The van der Waals surface area contributed by atoms with E-state index < -0.39 is 0 Å². The van der Waals surface area contributed by atoms with Gasteiger partial charge >= 0.3 is 0 Å². The molecular formula is C20H26N2. The van der Waals surface area contributed by atoms with E-state index in [1.54, 1.807) is 0 Å². The van der Waals surface area contributed by atoms with Gasteiger partial charge in [0.05, 0.1) is 11.4 Å². The standard InChI is InChI=1S/C20H26N2/c1-7-18-10-12-20(13-11-18)22-17(6)16(5)21-14-15(4)19(8-2)9-3/h8-14,22H,2,6-7H2,1,3-5H3/b15-14+,19-9+,21-16?. The van der Waals surface area contributed by atoms with Crippen LogP contribution in [-0.4, -0.2) is 5.71 Å². The van der Waals surface area contributed by atoms with Crippen LogP contribution in [0.3, 0.4) is 0 Å². The fourth-order valence-corrected chi connectivity index (χ4v) is 1.94. The van der Waals surface area contributed by atoms with Gasteiger partial charge in [-0.2, -0.15) is 0 Å². The largest absolute Gasteiger partial charge is 0.355 e. The molecule has 0 radical (unpaired) electrons. The highest BCUT2D eigenvalue weighted by Gasteiger charge is 2.00. The molecule has 0 fully saturated rings. The average molecular weight is 294 g/mol. The summed E-state index contributed by atoms with van der Waals surface area (Å²) < 4.78 is 0. The number of aliphatic imine (C=N–C) groups is 1. The lowest BCUT2D eigenvalue weighted by atomic mass is 10.1. The zero-order valence-electron chi connectivity index (χ0n) is 14.1. The van der Waals surface area contributed by atoms with Crippen LogP contribution in [0.5, 0.6) is 0 Å². The first-order chi connectivity index (χ1) is 10.5. The Morgan fingerprint density at radius 1 is 1.23 bits per heavy atom.